The van der Waals surface area contributed by atoms with Gasteiger partial charge >= 0.3 is 0 Å². The molecule has 132 valence electrons. The van der Waals surface area contributed by atoms with Gasteiger partial charge in [0, 0.05) is 22.9 Å². The number of phenols is 1. The second-order valence-corrected chi connectivity index (χ2v) is 5.85. The summed E-state index contributed by atoms with van der Waals surface area (Å²) in [4.78, 5) is 27.7. The third-order valence-electron chi connectivity index (χ3n) is 4.21. The molecule has 2 aromatic heterocycles. The molecule has 0 aliphatic carbocycles. The van der Waals surface area contributed by atoms with Crippen molar-refractivity contribution in [2.75, 3.05) is 0 Å². The molecular formula is C19H13N5O3. The van der Waals surface area contributed by atoms with E-state index < -0.39 is 5.91 Å². The van der Waals surface area contributed by atoms with E-state index in [1.54, 1.807) is 24.3 Å². The quantitative estimate of drug-likeness (QED) is 0.477. The zero-order valence-corrected chi connectivity index (χ0v) is 13.9. The number of aromatic amines is 1. The van der Waals surface area contributed by atoms with E-state index in [0.29, 0.717) is 33.4 Å². The molecule has 0 radical (unpaired) electrons. The largest absolute Gasteiger partial charge is 0.508 e. The first-order valence-corrected chi connectivity index (χ1v) is 7.99. The van der Waals surface area contributed by atoms with Crippen molar-refractivity contribution in [1.82, 2.24) is 20.4 Å². The maximum atomic E-state index is 13.0. The molecule has 8 heteroatoms. The van der Waals surface area contributed by atoms with Gasteiger partial charge in [-0.25, -0.2) is 0 Å². The summed E-state index contributed by atoms with van der Waals surface area (Å²) in [7, 11) is 0. The smallest absolute Gasteiger partial charge is 0.249 e. The van der Waals surface area contributed by atoms with Crippen molar-refractivity contribution in [2.24, 2.45) is 5.73 Å². The number of aromatic nitrogens is 4. The summed E-state index contributed by atoms with van der Waals surface area (Å²) in [6, 6.07) is 12.6. The fourth-order valence-electron chi connectivity index (χ4n) is 2.93. The topological polar surface area (TPSA) is 135 Å². The van der Waals surface area contributed by atoms with E-state index in [1.165, 1.54) is 30.5 Å². The van der Waals surface area contributed by atoms with Crippen molar-refractivity contribution >= 4 is 22.7 Å². The van der Waals surface area contributed by atoms with Crippen molar-refractivity contribution in [1.29, 1.82) is 0 Å². The Kier molecular flexibility index (Phi) is 3.85. The molecule has 2 heterocycles. The van der Waals surface area contributed by atoms with Gasteiger partial charge in [0.15, 0.2) is 11.4 Å². The molecule has 0 bridgehead atoms. The first-order chi connectivity index (χ1) is 13.1. The van der Waals surface area contributed by atoms with Crippen LogP contribution in [-0.2, 0) is 0 Å². The molecule has 0 saturated carbocycles. The van der Waals surface area contributed by atoms with E-state index in [9.17, 15) is 14.7 Å². The summed E-state index contributed by atoms with van der Waals surface area (Å²) in [6.07, 6.45) is 1.52. The molecule has 0 saturated heterocycles. The third-order valence-corrected chi connectivity index (χ3v) is 4.21. The Balaban J connectivity index is 1.95. The Bertz CT molecular complexity index is 1180. The van der Waals surface area contributed by atoms with Gasteiger partial charge in [-0.2, -0.15) is 0 Å². The van der Waals surface area contributed by atoms with Crippen molar-refractivity contribution < 1.29 is 14.7 Å². The van der Waals surface area contributed by atoms with E-state index in [1.807, 2.05) is 0 Å². The van der Waals surface area contributed by atoms with Crippen LogP contribution >= 0.6 is 0 Å². The number of carbonyl (C=O) groups excluding carboxylic acids is 2. The summed E-state index contributed by atoms with van der Waals surface area (Å²) in [5, 5.41) is 21.6. The lowest BCUT2D eigenvalue weighted by atomic mass is 9.97. The maximum Gasteiger partial charge on any atom is 0.249 e. The number of H-pyrrole nitrogens is 1. The van der Waals surface area contributed by atoms with Crippen LogP contribution in [0.15, 0.2) is 54.7 Å². The van der Waals surface area contributed by atoms with E-state index >= 15 is 0 Å². The van der Waals surface area contributed by atoms with Crippen LogP contribution in [0.25, 0.3) is 22.3 Å². The normalized spacial score (nSPS) is 10.8. The Hall–Kier alpha value is -4.07. The summed E-state index contributed by atoms with van der Waals surface area (Å²) < 4.78 is 0. The van der Waals surface area contributed by atoms with E-state index in [4.69, 9.17) is 5.73 Å². The minimum Gasteiger partial charge on any atom is -0.508 e. The van der Waals surface area contributed by atoms with Crippen LogP contribution in [0.1, 0.15) is 26.3 Å². The molecule has 4 N–H and O–H groups in total. The number of aromatic hydroxyl groups is 1. The van der Waals surface area contributed by atoms with Gasteiger partial charge in [-0.15, -0.1) is 10.2 Å². The number of nitrogens with zero attached hydrogens (tertiary/aromatic N) is 3. The SMILES string of the molecule is NC(=O)c1ccccc1-c1nnnc2[nH]cc(C(=O)c3ccc(O)cc3)c12. The highest BCUT2D eigenvalue weighted by Gasteiger charge is 2.22. The van der Waals surface area contributed by atoms with Gasteiger partial charge in [0.25, 0.3) is 0 Å². The highest BCUT2D eigenvalue weighted by molar-refractivity contribution is 6.18. The minimum absolute atomic E-state index is 0.0640. The lowest BCUT2D eigenvalue weighted by Crippen LogP contribution is -2.13. The highest BCUT2D eigenvalue weighted by Crippen LogP contribution is 2.31. The Morgan fingerprint density at radius 2 is 1.70 bits per heavy atom. The molecule has 0 aliphatic rings. The van der Waals surface area contributed by atoms with Crippen LogP contribution in [-0.4, -0.2) is 37.2 Å². The van der Waals surface area contributed by atoms with Gasteiger partial charge in [0.2, 0.25) is 5.91 Å². The Labute approximate surface area is 152 Å². The molecule has 8 nitrogen and oxygen atoms in total. The van der Waals surface area contributed by atoms with Crippen LogP contribution in [0.5, 0.6) is 5.75 Å². The van der Waals surface area contributed by atoms with Crippen LogP contribution in [0.3, 0.4) is 0 Å². The standard InChI is InChI=1S/C19H13N5O3/c20-18(27)13-4-2-1-3-12(13)16-15-14(9-21-19(15)23-24-22-16)17(26)10-5-7-11(25)8-6-10/h1-9,25H,(H2,20,27)(H,21,22,23). The number of nitrogens with one attached hydrogen (secondary N) is 1. The lowest BCUT2D eigenvalue weighted by molar-refractivity contribution is 0.0999. The van der Waals surface area contributed by atoms with Crippen molar-refractivity contribution in [3.63, 3.8) is 0 Å². The number of amides is 1. The summed E-state index contributed by atoms with van der Waals surface area (Å²) >= 11 is 0. The molecule has 4 rings (SSSR count). The van der Waals surface area contributed by atoms with Gasteiger partial charge in [-0.05, 0) is 35.5 Å². The molecule has 0 fully saturated rings. The van der Waals surface area contributed by atoms with Crippen LogP contribution in [0.2, 0.25) is 0 Å². The van der Waals surface area contributed by atoms with Gasteiger partial charge in [0.1, 0.15) is 11.4 Å². The van der Waals surface area contributed by atoms with Crippen LogP contribution in [0, 0.1) is 0 Å². The number of rotatable bonds is 4. The van der Waals surface area contributed by atoms with Crippen molar-refractivity contribution in [3.05, 3.63) is 71.4 Å². The van der Waals surface area contributed by atoms with E-state index in [2.05, 4.69) is 20.4 Å². The lowest BCUT2D eigenvalue weighted by Gasteiger charge is -2.07. The predicted molar refractivity (Wildman–Crippen MR) is 97.2 cm³/mol. The molecule has 0 unspecified atom stereocenters. The minimum atomic E-state index is -0.612. The monoisotopic (exact) mass is 359 g/mol. The molecule has 2 aromatic carbocycles. The molecule has 0 atom stereocenters. The number of ketones is 1. The summed E-state index contributed by atoms with van der Waals surface area (Å²) in [6.45, 7) is 0. The van der Waals surface area contributed by atoms with Crippen LogP contribution < -0.4 is 5.73 Å². The van der Waals surface area contributed by atoms with Crippen LogP contribution in [0.4, 0.5) is 0 Å². The third kappa shape index (κ3) is 2.78. The summed E-state index contributed by atoms with van der Waals surface area (Å²) in [5.41, 5.74) is 7.61. The van der Waals surface area contributed by atoms with Gasteiger partial charge < -0.3 is 15.8 Å². The zero-order valence-electron chi connectivity index (χ0n) is 13.9. The first-order valence-electron chi connectivity index (χ1n) is 7.99. The zero-order chi connectivity index (χ0) is 19.0. The molecule has 1 amide bonds. The predicted octanol–water partition coefficient (Wildman–Crippen LogP) is 2.06. The number of carbonyl (C=O) groups is 2. The molecule has 27 heavy (non-hydrogen) atoms. The Morgan fingerprint density at radius 3 is 2.44 bits per heavy atom. The average Bonchev–Trinajstić information content (AvgIpc) is 3.12. The fraction of sp³-hybridized carbons (Fsp3) is 0. The van der Waals surface area contributed by atoms with Gasteiger partial charge in [-0.3, -0.25) is 9.59 Å². The van der Waals surface area contributed by atoms with Gasteiger partial charge in [0.05, 0.1) is 10.9 Å². The van der Waals surface area contributed by atoms with Gasteiger partial charge in [-0.1, -0.05) is 18.2 Å². The van der Waals surface area contributed by atoms with Crippen molar-refractivity contribution in [3.8, 4) is 17.0 Å². The number of phenolic OH excluding ortho intramolecular Hbond substituents is 1. The average molecular weight is 359 g/mol. The Morgan fingerprint density at radius 1 is 0.963 bits per heavy atom. The molecule has 0 aliphatic heterocycles. The fourth-order valence-corrected chi connectivity index (χ4v) is 2.93. The second-order valence-electron chi connectivity index (χ2n) is 5.85. The highest BCUT2D eigenvalue weighted by atomic mass is 16.3. The number of nitrogens with two attached hydrogens (primary N) is 1. The number of hydrogen-bond acceptors (Lipinski definition) is 6. The van der Waals surface area contributed by atoms with E-state index in [-0.39, 0.29) is 17.1 Å². The first kappa shape index (κ1) is 16.4. The number of primary amides is 1. The molecule has 0 spiro atoms. The summed E-state index contributed by atoms with van der Waals surface area (Å²) in [5.74, 6) is -0.831. The number of hydrogen-bond donors (Lipinski definition) is 3. The van der Waals surface area contributed by atoms with E-state index in [0.717, 1.165) is 0 Å². The number of benzene rings is 2. The van der Waals surface area contributed by atoms with Crippen molar-refractivity contribution in [2.45, 2.75) is 0 Å². The number of fused-ring (bicyclic) bond motifs is 1. The maximum absolute atomic E-state index is 13.0. The second kappa shape index (κ2) is 6.34. The molecular weight excluding hydrogens is 346 g/mol. The molecule has 4 aromatic rings.